The van der Waals surface area contributed by atoms with E-state index < -0.39 is 8.07 Å². The molecule has 0 unspecified atom stereocenters. The smallest absolute Gasteiger partial charge is 0.129 e. The van der Waals surface area contributed by atoms with Gasteiger partial charge in [0.15, 0.2) is 0 Å². The lowest BCUT2D eigenvalue weighted by molar-refractivity contribution is -0.0209. The Hall–Kier alpha value is -0.603. The van der Waals surface area contributed by atoms with Crippen LogP contribution in [0.1, 0.15) is 47.0 Å². The first-order valence-corrected chi connectivity index (χ1v) is 14.2. The van der Waals surface area contributed by atoms with Crippen molar-refractivity contribution >= 4 is 8.07 Å². The molecule has 4 heteroatoms. The SMILES string of the molecule is CC1=CC[C@H](C(C)C)[C@@H]2[C@H]1[C@@H](CC#C[Si](C)(C)C)O[C@H]2[C@@]1(C)O[C@H]1CCO. The molecule has 1 N–H and O–H groups in total. The van der Waals surface area contributed by atoms with Crippen LogP contribution in [-0.4, -0.2) is 43.7 Å². The zero-order valence-electron chi connectivity index (χ0n) is 18.2. The quantitative estimate of drug-likeness (QED) is 0.327. The van der Waals surface area contributed by atoms with Gasteiger partial charge in [-0.25, -0.2) is 0 Å². The largest absolute Gasteiger partial charge is 0.396 e. The molecule has 3 nitrogen and oxygen atoms in total. The summed E-state index contributed by atoms with van der Waals surface area (Å²) in [5.74, 6) is 5.65. The second kappa shape index (κ2) is 7.67. The predicted octanol–water partition coefficient (Wildman–Crippen LogP) is 4.42. The van der Waals surface area contributed by atoms with Crippen molar-refractivity contribution in [3.63, 3.8) is 0 Å². The highest BCUT2D eigenvalue weighted by Gasteiger charge is 2.65. The van der Waals surface area contributed by atoms with Gasteiger partial charge in [0.25, 0.3) is 0 Å². The molecule has 27 heavy (non-hydrogen) atoms. The van der Waals surface area contributed by atoms with Crippen LogP contribution in [0.5, 0.6) is 0 Å². The van der Waals surface area contributed by atoms with Gasteiger partial charge in [-0.1, -0.05) is 45.1 Å². The van der Waals surface area contributed by atoms with Crippen molar-refractivity contribution in [2.45, 2.75) is 90.5 Å². The Kier molecular flexibility index (Phi) is 6.00. The topological polar surface area (TPSA) is 42.0 Å². The molecule has 2 heterocycles. The Balaban J connectivity index is 1.88. The molecular formula is C23H38O3Si. The molecule has 2 aliphatic heterocycles. The highest BCUT2D eigenvalue weighted by Crippen LogP contribution is 2.57. The maximum atomic E-state index is 9.37. The minimum absolute atomic E-state index is 0.105. The number of ether oxygens (including phenoxy) is 2. The number of epoxide rings is 1. The minimum atomic E-state index is -1.37. The van der Waals surface area contributed by atoms with E-state index in [1.54, 1.807) is 0 Å². The third-order valence-electron chi connectivity index (χ3n) is 6.78. The Morgan fingerprint density at radius 2 is 2.04 bits per heavy atom. The molecule has 2 saturated heterocycles. The molecule has 0 spiro atoms. The summed E-state index contributed by atoms with van der Waals surface area (Å²) in [6, 6.07) is 0. The van der Waals surface area contributed by atoms with Crippen LogP contribution in [0, 0.1) is 35.1 Å². The number of aliphatic hydroxyl groups is 1. The van der Waals surface area contributed by atoms with Crippen LogP contribution in [0.3, 0.4) is 0 Å². The number of hydrogen-bond acceptors (Lipinski definition) is 3. The van der Waals surface area contributed by atoms with Gasteiger partial charge in [0.05, 0.1) is 18.3 Å². The number of aliphatic hydroxyl groups excluding tert-OH is 1. The van der Waals surface area contributed by atoms with E-state index in [4.69, 9.17) is 9.47 Å². The lowest BCUT2D eigenvalue weighted by Crippen LogP contribution is -2.42. The van der Waals surface area contributed by atoms with Crippen molar-refractivity contribution < 1.29 is 14.6 Å². The van der Waals surface area contributed by atoms with Crippen LogP contribution in [0.15, 0.2) is 11.6 Å². The van der Waals surface area contributed by atoms with Gasteiger partial charge in [-0.3, -0.25) is 0 Å². The number of allylic oxidation sites excluding steroid dienone is 1. The summed E-state index contributed by atoms with van der Waals surface area (Å²) >= 11 is 0. The maximum Gasteiger partial charge on any atom is 0.129 e. The number of fused-ring (bicyclic) bond motifs is 1. The Morgan fingerprint density at radius 3 is 2.63 bits per heavy atom. The summed E-state index contributed by atoms with van der Waals surface area (Å²) in [6.07, 6.45) is 5.49. The molecule has 0 aromatic heterocycles. The zero-order valence-corrected chi connectivity index (χ0v) is 19.2. The molecule has 7 atom stereocenters. The van der Waals surface area contributed by atoms with Crippen molar-refractivity contribution in [2.75, 3.05) is 6.61 Å². The fraction of sp³-hybridized carbons (Fsp3) is 0.826. The van der Waals surface area contributed by atoms with Gasteiger partial charge in [-0.15, -0.1) is 11.5 Å². The van der Waals surface area contributed by atoms with E-state index in [0.29, 0.717) is 30.1 Å². The van der Waals surface area contributed by atoms with E-state index in [-0.39, 0.29) is 30.5 Å². The van der Waals surface area contributed by atoms with Crippen LogP contribution < -0.4 is 0 Å². The third kappa shape index (κ3) is 4.22. The van der Waals surface area contributed by atoms with E-state index in [1.165, 1.54) is 5.57 Å². The molecule has 0 radical (unpaired) electrons. The van der Waals surface area contributed by atoms with Gasteiger partial charge in [-0.05, 0) is 38.5 Å². The molecule has 0 aromatic rings. The highest BCUT2D eigenvalue weighted by atomic mass is 28.3. The summed E-state index contributed by atoms with van der Waals surface area (Å²) in [4.78, 5) is 0. The average Bonchev–Trinajstić information content (AvgIpc) is 3.04. The second-order valence-electron chi connectivity index (χ2n) is 10.3. The summed E-state index contributed by atoms with van der Waals surface area (Å²) < 4.78 is 12.9. The molecule has 3 aliphatic rings. The summed E-state index contributed by atoms with van der Waals surface area (Å²) in [5, 5.41) is 9.37. The molecule has 0 bridgehead atoms. The summed E-state index contributed by atoms with van der Waals surface area (Å²) in [6.45, 7) is 16.2. The highest BCUT2D eigenvalue weighted by molar-refractivity contribution is 6.83. The maximum absolute atomic E-state index is 9.37. The zero-order chi connectivity index (χ0) is 20.0. The van der Waals surface area contributed by atoms with Crippen molar-refractivity contribution in [1.29, 1.82) is 0 Å². The lowest BCUT2D eigenvalue weighted by Gasteiger charge is -2.39. The predicted molar refractivity (Wildman–Crippen MR) is 113 cm³/mol. The van der Waals surface area contributed by atoms with Crippen molar-refractivity contribution in [2.24, 2.45) is 23.7 Å². The van der Waals surface area contributed by atoms with Crippen molar-refractivity contribution in [1.82, 2.24) is 0 Å². The van der Waals surface area contributed by atoms with E-state index >= 15 is 0 Å². The number of rotatable bonds is 5. The van der Waals surface area contributed by atoms with Gasteiger partial charge in [0, 0.05) is 24.9 Å². The third-order valence-corrected chi connectivity index (χ3v) is 7.70. The van der Waals surface area contributed by atoms with Crippen LogP contribution in [0.25, 0.3) is 0 Å². The fourth-order valence-corrected chi connectivity index (χ4v) is 5.95. The fourth-order valence-electron chi connectivity index (χ4n) is 5.31. The van der Waals surface area contributed by atoms with Crippen LogP contribution >= 0.6 is 0 Å². The van der Waals surface area contributed by atoms with Gasteiger partial charge in [0.1, 0.15) is 13.7 Å². The van der Waals surface area contributed by atoms with Gasteiger partial charge >= 0.3 is 0 Å². The molecule has 0 aromatic carbocycles. The monoisotopic (exact) mass is 390 g/mol. The van der Waals surface area contributed by atoms with E-state index in [9.17, 15) is 5.11 Å². The summed E-state index contributed by atoms with van der Waals surface area (Å²) in [7, 11) is -1.37. The Bertz CT molecular complexity index is 638. The van der Waals surface area contributed by atoms with Crippen LogP contribution in [0.2, 0.25) is 19.6 Å². The van der Waals surface area contributed by atoms with E-state index in [0.717, 1.165) is 12.8 Å². The Labute approximate surface area is 166 Å². The van der Waals surface area contributed by atoms with E-state index in [1.807, 2.05) is 0 Å². The van der Waals surface area contributed by atoms with Crippen LogP contribution in [-0.2, 0) is 9.47 Å². The van der Waals surface area contributed by atoms with Gasteiger partial charge in [-0.2, -0.15) is 0 Å². The first kappa shape index (κ1) is 21.1. The van der Waals surface area contributed by atoms with Gasteiger partial charge in [0.2, 0.25) is 0 Å². The molecule has 0 saturated carbocycles. The van der Waals surface area contributed by atoms with Gasteiger partial charge < -0.3 is 14.6 Å². The van der Waals surface area contributed by atoms with Crippen molar-refractivity contribution in [3.8, 4) is 11.5 Å². The molecule has 1 aliphatic carbocycles. The first-order chi connectivity index (χ1) is 12.6. The first-order valence-electron chi connectivity index (χ1n) is 10.7. The molecular weight excluding hydrogens is 352 g/mol. The minimum Gasteiger partial charge on any atom is -0.396 e. The standard InChI is InChI=1S/C23H38O3Si/c1-15(2)17-11-10-16(3)20-18(9-8-14-27(5,6)7)25-22(21(17)20)23(4)19(26-23)12-13-24/h10,15,17-22,24H,9,11-13H2,1-7H3/t17-,18-,19+,20-,21-,22-,23+/m1/s1. The molecule has 152 valence electrons. The summed E-state index contributed by atoms with van der Waals surface area (Å²) in [5.41, 5.74) is 4.74. The second-order valence-corrected chi connectivity index (χ2v) is 15.1. The molecule has 2 fully saturated rings. The van der Waals surface area contributed by atoms with Crippen molar-refractivity contribution in [3.05, 3.63) is 11.6 Å². The van der Waals surface area contributed by atoms with E-state index in [2.05, 4.69) is 64.9 Å². The normalized spacial score (nSPS) is 41.0. The van der Waals surface area contributed by atoms with Crippen LogP contribution in [0.4, 0.5) is 0 Å². The average molecular weight is 391 g/mol. The molecule has 0 amide bonds. The molecule has 3 rings (SSSR count). The lowest BCUT2D eigenvalue weighted by atomic mass is 9.64. The number of hydrogen-bond donors (Lipinski definition) is 1. The Morgan fingerprint density at radius 1 is 1.33 bits per heavy atom.